The number of nitrogens with zero attached hydrogens (tertiary/aromatic N) is 3. The average molecular weight is 155 g/mol. The van der Waals surface area contributed by atoms with Crippen molar-refractivity contribution in [2.24, 2.45) is 0 Å². The molecule has 0 aromatic carbocycles. The van der Waals surface area contributed by atoms with Crippen LogP contribution in [0.4, 0.5) is 6.01 Å². The molecule has 0 atom stereocenters. The summed E-state index contributed by atoms with van der Waals surface area (Å²) in [4.78, 5) is 6.11. The van der Waals surface area contributed by atoms with Gasteiger partial charge in [-0.1, -0.05) is 5.16 Å². The number of aromatic nitrogens is 2. The molecule has 1 aromatic heterocycles. The third kappa shape index (κ3) is 1.69. The monoisotopic (exact) mass is 155 g/mol. The number of hydrogen-bond acceptors (Lipinski definition) is 4. The van der Waals surface area contributed by atoms with E-state index in [0.717, 1.165) is 13.1 Å². The summed E-state index contributed by atoms with van der Waals surface area (Å²) in [5.74, 6) is 0.687. The summed E-state index contributed by atoms with van der Waals surface area (Å²) in [6.45, 7) is 7.73. The van der Waals surface area contributed by atoms with E-state index in [4.69, 9.17) is 4.52 Å². The molecule has 0 unspecified atom stereocenters. The van der Waals surface area contributed by atoms with Crippen LogP contribution in [0.2, 0.25) is 0 Å². The fourth-order valence-electron chi connectivity index (χ4n) is 0.909. The molecule has 0 aliphatic carbocycles. The topological polar surface area (TPSA) is 42.2 Å². The van der Waals surface area contributed by atoms with Gasteiger partial charge in [0, 0.05) is 13.1 Å². The SMILES string of the molecule is CCN(CC)c1nc(C)no1. The molecule has 0 N–H and O–H groups in total. The van der Waals surface area contributed by atoms with Crippen molar-refractivity contribution in [3.63, 3.8) is 0 Å². The second-order valence-corrected chi connectivity index (χ2v) is 2.30. The summed E-state index contributed by atoms with van der Waals surface area (Å²) in [6, 6.07) is 0.618. The lowest BCUT2D eigenvalue weighted by Gasteiger charge is -2.13. The molecule has 11 heavy (non-hydrogen) atoms. The Morgan fingerprint density at radius 1 is 1.36 bits per heavy atom. The highest BCUT2D eigenvalue weighted by atomic mass is 16.5. The summed E-state index contributed by atoms with van der Waals surface area (Å²) >= 11 is 0. The van der Waals surface area contributed by atoms with Gasteiger partial charge in [0.2, 0.25) is 0 Å². The molecule has 0 saturated carbocycles. The van der Waals surface area contributed by atoms with Gasteiger partial charge in [0.1, 0.15) is 0 Å². The second kappa shape index (κ2) is 3.37. The minimum Gasteiger partial charge on any atom is -0.325 e. The first kappa shape index (κ1) is 8.04. The molecule has 62 valence electrons. The molecule has 0 aliphatic rings. The van der Waals surface area contributed by atoms with Crippen molar-refractivity contribution in [3.8, 4) is 0 Å². The Morgan fingerprint density at radius 3 is 2.36 bits per heavy atom. The van der Waals surface area contributed by atoms with Crippen molar-refractivity contribution >= 4 is 6.01 Å². The van der Waals surface area contributed by atoms with E-state index in [1.807, 2.05) is 11.8 Å². The van der Waals surface area contributed by atoms with Crippen molar-refractivity contribution in [2.75, 3.05) is 18.0 Å². The van der Waals surface area contributed by atoms with Crippen LogP contribution in [0.5, 0.6) is 0 Å². The van der Waals surface area contributed by atoms with E-state index < -0.39 is 0 Å². The average Bonchev–Trinajstić information content (AvgIpc) is 2.39. The Bertz CT molecular complexity index is 217. The molecule has 1 heterocycles. The van der Waals surface area contributed by atoms with Crippen LogP contribution in [0.25, 0.3) is 0 Å². The van der Waals surface area contributed by atoms with Crippen LogP contribution in [0.15, 0.2) is 4.52 Å². The van der Waals surface area contributed by atoms with Crippen LogP contribution < -0.4 is 4.90 Å². The lowest BCUT2D eigenvalue weighted by molar-refractivity contribution is 0.411. The maximum absolute atomic E-state index is 4.97. The van der Waals surface area contributed by atoms with Crippen LogP contribution in [-0.4, -0.2) is 23.2 Å². The van der Waals surface area contributed by atoms with Crippen LogP contribution in [0, 0.1) is 6.92 Å². The molecule has 0 bridgehead atoms. The largest absolute Gasteiger partial charge is 0.325 e. The zero-order valence-electron chi connectivity index (χ0n) is 7.16. The van der Waals surface area contributed by atoms with Gasteiger partial charge in [0.25, 0.3) is 0 Å². The summed E-state index contributed by atoms with van der Waals surface area (Å²) < 4.78 is 4.97. The van der Waals surface area contributed by atoms with Gasteiger partial charge < -0.3 is 9.42 Å². The molecular weight excluding hydrogens is 142 g/mol. The highest BCUT2D eigenvalue weighted by molar-refractivity contribution is 5.23. The van der Waals surface area contributed by atoms with Crippen molar-refractivity contribution in [1.82, 2.24) is 10.1 Å². The maximum Gasteiger partial charge on any atom is 0.324 e. The first-order chi connectivity index (χ1) is 5.27. The maximum atomic E-state index is 4.97. The lowest BCUT2D eigenvalue weighted by Crippen LogP contribution is -2.21. The van der Waals surface area contributed by atoms with Gasteiger partial charge in [-0.3, -0.25) is 0 Å². The van der Waals surface area contributed by atoms with Crippen LogP contribution >= 0.6 is 0 Å². The Hall–Kier alpha value is -1.06. The van der Waals surface area contributed by atoms with Crippen LogP contribution in [-0.2, 0) is 0 Å². The summed E-state index contributed by atoms with van der Waals surface area (Å²) in [5.41, 5.74) is 0. The smallest absolute Gasteiger partial charge is 0.324 e. The predicted octanol–water partition coefficient (Wildman–Crippen LogP) is 1.22. The molecule has 1 rings (SSSR count). The normalized spacial score (nSPS) is 10.1. The Labute approximate surface area is 66.2 Å². The molecule has 0 spiro atoms. The van der Waals surface area contributed by atoms with Crippen molar-refractivity contribution in [3.05, 3.63) is 5.82 Å². The van der Waals surface area contributed by atoms with E-state index in [9.17, 15) is 0 Å². The zero-order valence-corrected chi connectivity index (χ0v) is 7.16. The van der Waals surface area contributed by atoms with E-state index >= 15 is 0 Å². The Balaban J connectivity index is 2.73. The molecule has 1 aromatic rings. The summed E-state index contributed by atoms with van der Waals surface area (Å²) in [6.07, 6.45) is 0. The van der Waals surface area contributed by atoms with E-state index in [2.05, 4.69) is 24.0 Å². The van der Waals surface area contributed by atoms with E-state index in [-0.39, 0.29) is 0 Å². The van der Waals surface area contributed by atoms with E-state index in [1.54, 1.807) is 0 Å². The Morgan fingerprint density at radius 2 is 2.00 bits per heavy atom. The van der Waals surface area contributed by atoms with E-state index in [1.165, 1.54) is 0 Å². The molecule has 0 saturated heterocycles. The standard InChI is InChI=1S/C7H13N3O/c1-4-10(5-2)7-8-6(3)9-11-7/h4-5H2,1-3H3. The molecule has 0 aliphatic heterocycles. The van der Waals surface area contributed by atoms with Gasteiger partial charge in [-0.15, -0.1) is 0 Å². The minimum atomic E-state index is 0.618. The van der Waals surface area contributed by atoms with Gasteiger partial charge >= 0.3 is 6.01 Å². The van der Waals surface area contributed by atoms with Crippen molar-refractivity contribution in [1.29, 1.82) is 0 Å². The number of rotatable bonds is 3. The minimum absolute atomic E-state index is 0.618. The number of hydrogen-bond donors (Lipinski definition) is 0. The van der Waals surface area contributed by atoms with Gasteiger partial charge in [-0.25, -0.2) is 0 Å². The predicted molar refractivity (Wildman–Crippen MR) is 42.6 cm³/mol. The molecule has 0 amide bonds. The fourth-order valence-corrected chi connectivity index (χ4v) is 0.909. The van der Waals surface area contributed by atoms with Gasteiger partial charge in [-0.05, 0) is 20.8 Å². The van der Waals surface area contributed by atoms with Gasteiger partial charge in [0.15, 0.2) is 5.82 Å². The first-order valence-electron chi connectivity index (χ1n) is 3.83. The molecule has 0 radical (unpaired) electrons. The molecule has 4 nitrogen and oxygen atoms in total. The lowest BCUT2D eigenvalue weighted by atomic mass is 10.5. The molecule has 0 fully saturated rings. The van der Waals surface area contributed by atoms with Crippen molar-refractivity contribution in [2.45, 2.75) is 20.8 Å². The van der Waals surface area contributed by atoms with Gasteiger partial charge in [-0.2, -0.15) is 4.98 Å². The van der Waals surface area contributed by atoms with Crippen LogP contribution in [0.3, 0.4) is 0 Å². The zero-order chi connectivity index (χ0) is 8.27. The molecule has 4 heteroatoms. The number of anilines is 1. The Kier molecular flexibility index (Phi) is 2.46. The fraction of sp³-hybridized carbons (Fsp3) is 0.714. The third-order valence-electron chi connectivity index (χ3n) is 1.55. The second-order valence-electron chi connectivity index (χ2n) is 2.30. The summed E-state index contributed by atoms with van der Waals surface area (Å²) in [7, 11) is 0. The third-order valence-corrected chi connectivity index (χ3v) is 1.55. The highest BCUT2D eigenvalue weighted by Gasteiger charge is 2.07. The first-order valence-corrected chi connectivity index (χ1v) is 3.83. The summed E-state index contributed by atoms with van der Waals surface area (Å²) in [5, 5.41) is 3.71. The number of aryl methyl sites for hydroxylation is 1. The van der Waals surface area contributed by atoms with Crippen molar-refractivity contribution < 1.29 is 4.52 Å². The highest BCUT2D eigenvalue weighted by Crippen LogP contribution is 2.08. The quantitative estimate of drug-likeness (QED) is 0.658. The van der Waals surface area contributed by atoms with E-state index in [0.29, 0.717) is 11.8 Å². The van der Waals surface area contributed by atoms with Gasteiger partial charge in [0.05, 0.1) is 0 Å². The molecular formula is C7H13N3O. The van der Waals surface area contributed by atoms with Crippen LogP contribution in [0.1, 0.15) is 19.7 Å².